The smallest absolute Gasteiger partial charge is 0.242 e. The Morgan fingerprint density at radius 3 is 2.22 bits per heavy atom. The summed E-state index contributed by atoms with van der Waals surface area (Å²) in [6.07, 6.45) is 5.28. The van der Waals surface area contributed by atoms with Gasteiger partial charge < -0.3 is 14.9 Å². The minimum Gasteiger partial charge on any atom is -0.508 e. The first-order chi connectivity index (χ1) is 11.0. The third-order valence-corrected chi connectivity index (χ3v) is 6.59. The van der Waals surface area contributed by atoms with Gasteiger partial charge in [0.25, 0.3) is 0 Å². The van der Waals surface area contributed by atoms with Crippen LogP contribution in [0.4, 0.5) is 0 Å². The Balaban J connectivity index is 1.83. The molecule has 0 aromatic heterocycles. The number of rotatable bonds is 4. The predicted octanol–water partition coefficient (Wildman–Crippen LogP) is 2.27. The van der Waals surface area contributed by atoms with Gasteiger partial charge in [-0.25, -0.2) is 5.90 Å². The quantitative estimate of drug-likeness (QED) is 0.585. The third-order valence-electron chi connectivity index (χ3n) is 6.59. The number of phenolic OH excluding ortho intramolecular Hbond substituents is 1. The zero-order chi connectivity index (χ0) is 16.2. The Bertz CT molecular complexity index is 570. The van der Waals surface area contributed by atoms with Crippen LogP contribution in [0.15, 0.2) is 24.3 Å². The van der Waals surface area contributed by atoms with Crippen LogP contribution in [0.1, 0.15) is 37.7 Å². The molecule has 4 saturated carbocycles. The van der Waals surface area contributed by atoms with Gasteiger partial charge in [0.15, 0.2) is 0 Å². The first-order valence-corrected chi connectivity index (χ1v) is 8.48. The molecule has 1 aromatic carbocycles. The van der Waals surface area contributed by atoms with Crippen LogP contribution < -0.4 is 5.90 Å². The van der Waals surface area contributed by atoms with E-state index < -0.39 is 11.4 Å². The minimum absolute atomic E-state index is 0.105. The van der Waals surface area contributed by atoms with E-state index in [-0.39, 0.29) is 17.6 Å². The summed E-state index contributed by atoms with van der Waals surface area (Å²) >= 11 is 0. The average molecular weight is 319 g/mol. The molecule has 5 nitrogen and oxygen atoms in total. The minimum atomic E-state index is -1.45. The lowest BCUT2D eigenvalue weighted by atomic mass is 9.47. The zero-order valence-corrected chi connectivity index (χ0v) is 13.4. The standard InChI is InChI=1S/C18H25NO4/c1-22-18(23-19,13-3-2-4-16(20)10-13)17(21)14-6-11-5-12(8-14)9-15(17)7-11/h2-4,10-12,14-15,20-21H,5-9,19H2,1H3. The largest absolute Gasteiger partial charge is 0.508 e. The van der Waals surface area contributed by atoms with Crippen molar-refractivity contribution in [2.45, 2.75) is 43.5 Å². The predicted molar refractivity (Wildman–Crippen MR) is 84.1 cm³/mol. The molecule has 0 saturated heterocycles. The molecule has 0 aliphatic heterocycles. The van der Waals surface area contributed by atoms with Gasteiger partial charge in [-0.3, -0.25) is 4.84 Å². The van der Waals surface area contributed by atoms with E-state index in [1.54, 1.807) is 24.3 Å². The van der Waals surface area contributed by atoms with Crippen molar-refractivity contribution in [3.8, 4) is 5.75 Å². The lowest BCUT2D eigenvalue weighted by molar-refractivity contribution is -0.376. The first-order valence-electron chi connectivity index (χ1n) is 8.48. The van der Waals surface area contributed by atoms with Crippen molar-refractivity contribution in [3.05, 3.63) is 29.8 Å². The fourth-order valence-corrected chi connectivity index (χ4v) is 5.87. The molecular formula is C18H25NO4. The molecule has 5 heteroatoms. The van der Waals surface area contributed by atoms with Crippen molar-refractivity contribution >= 4 is 0 Å². The van der Waals surface area contributed by atoms with Gasteiger partial charge in [0.1, 0.15) is 11.4 Å². The maximum atomic E-state index is 11.8. The van der Waals surface area contributed by atoms with Crippen LogP contribution in [0.2, 0.25) is 0 Å². The molecule has 1 unspecified atom stereocenters. The Morgan fingerprint density at radius 1 is 1.13 bits per heavy atom. The molecule has 0 radical (unpaired) electrons. The Kier molecular flexibility index (Phi) is 3.47. The molecule has 4 fully saturated rings. The maximum absolute atomic E-state index is 11.8. The second-order valence-corrected chi connectivity index (χ2v) is 7.62. The summed E-state index contributed by atoms with van der Waals surface area (Å²) in [5.41, 5.74) is -0.602. The molecule has 4 N–H and O–H groups in total. The molecule has 1 atom stereocenters. The van der Waals surface area contributed by atoms with Gasteiger partial charge >= 0.3 is 0 Å². The van der Waals surface area contributed by atoms with Gasteiger partial charge in [0.05, 0.1) is 0 Å². The lowest BCUT2D eigenvalue weighted by Gasteiger charge is -2.63. The fourth-order valence-electron chi connectivity index (χ4n) is 5.87. The van der Waals surface area contributed by atoms with Gasteiger partial charge in [-0.05, 0) is 67.9 Å². The van der Waals surface area contributed by atoms with E-state index in [1.165, 1.54) is 13.5 Å². The molecule has 0 amide bonds. The number of ether oxygens (including phenoxy) is 1. The van der Waals surface area contributed by atoms with Gasteiger partial charge in [0, 0.05) is 12.7 Å². The number of hydrogen-bond acceptors (Lipinski definition) is 5. The number of phenols is 1. The maximum Gasteiger partial charge on any atom is 0.242 e. The van der Waals surface area contributed by atoms with Gasteiger partial charge in [-0.1, -0.05) is 12.1 Å². The number of nitrogens with two attached hydrogens (primary N) is 1. The Hall–Kier alpha value is -1.14. The summed E-state index contributed by atoms with van der Waals surface area (Å²) in [5.74, 6) is 5.99. The van der Waals surface area contributed by atoms with E-state index in [1.807, 2.05) is 0 Å². The Labute approximate surface area is 136 Å². The summed E-state index contributed by atoms with van der Waals surface area (Å²) in [6.45, 7) is 0. The van der Waals surface area contributed by atoms with Crippen LogP contribution in [0, 0.1) is 23.7 Å². The van der Waals surface area contributed by atoms with E-state index in [0.29, 0.717) is 17.4 Å². The SMILES string of the molecule is COC(ON)(c1cccc(O)c1)C1(O)C2CC3CC(C2)CC1C3. The van der Waals surface area contributed by atoms with Crippen molar-refractivity contribution in [1.82, 2.24) is 0 Å². The topological polar surface area (TPSA) is 84.9 Å². The van der Waals surface area contributed by atoms with Crippen LogP contribution in [-0.4, -0.2) is 22.9 Å². The molecule has 0 heterocycles. The summed E-state index contributed by atoms with van der Waals surface area (Å²) < 4.78 is 5.75. The molecule has 4 bridgehead atoms. The number of hydrogen-bond donors (Lipinski definition) is 3. The summed E-state index contributed by atoms with van der Waals surface area (Å²) in [5, 5.41) is 21.7. The monoisotopic (exact) mass is 319 g/mol. The van der Waals surface area contributed by atoms with Gasteiger partial charge in [0.2, 0.25) is 5.79 Å². The molecule has 4 aliphatic rings. The van der Waals surface area contributed by atoms with Crippen molar-refractivity contribution in [1.29, 1.82) is 0 Å². The second-order valence-electron chi connectivity index (χ2n) is 7.62. The van der Waals surface area contributed by atoms with E-state index in [0.717, 1.165) is 25.7 Å². The third kappa shape index (κ3) is 1.94. The molecule has 4 aliphatic carbocycles. The molecule has 126 valence electrons. The van der Waals surface area contributed by atoms with Crippen LogP contribution in [0.25, 0.3) is 0 Å². The van der Waals surface area contributed by atoms with E-state index >= 15 is 0 Å². The van der Waals surface area contributed by atoms with Crippen molar-refractivity contribution in [2.24, 2.45) is 29.6 Å². The number of benzene rings is 1. The average Bonchev–Trinajstić information content (AvgIpc) is 2.54. The lowest BCUT2D eigenvalue weighted by Crippen LogP contribution is -2.69. The number of aliphatic hydroxyl groups is 1. The van der Waals surface area contributed by atoms with E-state index in [4.69, 9.17) is 15.5 Å². The highest BCUT2D eigenvalue weighted by Crippen LogP contribution is 2.63. The summed E-state index contributed by atoms with van der Waals surface area (Å²) in [7, 11) is 1.51. The molecule has 5 rings (SSSR count). The molecule has 1 aromatic rings. The highest BCUT2D eigenvalue weighted by atomic mass is 16.8. The normalized spacial score (nSPS) is 41.0. The highest BCUT2D eigenvalue weighted by Gasteiger charge is 2.67. The second kappa shape index (κ2) is 5.18. The first kappa shape index (κ1) is 15.4. The van der Waals surface area contributed by atoms with Crippen molar-refractivity contribution in [3.63, 3.8) is 0 Å². The van der Waals surface area contributed by atoms with E-state index in [9.17, 15) is 10.2 Å². The van der Waals surface area contributed by atoms with Crippen LogP contribution in [-0.2, 0) is 15.4 Å². The molecule has 23 heavy (non-hydrogen) atoms. The number of methoxy groups -OCH3 is 1. The zero-order valence-electron chi connectivity index (χ0n) is 13.4. The van der Waals surface area contributed by atoms with E-state index in [2.05, 4.69) is 0 Å². The van der Waals surface area contributed by atoms with Gasteiger partial charge in [-0.15, -0.1) is 0 Å². The number of aromatic hydroxyl groups is 1. The Morgan fingerprint density at radius 2 is 1.74 bits per heavy atom. The van der Waals surface area contributed by atoms with Crippen molar-refractivity contribution < 1.29 is 19.8 Å². The van der Waals surface area contributed by atoms with Crippen LogP contribution in [0.3, 0.4) is 0 Å². The van der Waals surface area contributed by atoms with Gasteiger partial charge in [-0.2, -0.15) is 0 Å². The fraction of sp³-hybridized carbons (Fsp3) is 0.667. The summed E-state index contributed by atoms with van der Waals surface area (Å²) in [6, 6.07) is 6.66. The van der Waals surface area contributed by atoms with Crippen LogP contribution in [0.5, 0.6) is 5.75 Å². The molecule has 0 spiro atoms. The highest BCUT2D eigenvalue weighted by molar-refractivity contribution is 5.34. The molecular weight excluding hydrogens is 294 g/mol. The van der Waals surface area contributed by atoms with Crippen LogP contribution >= 0.6 is 0 Å². The summed E-state index contributed by atoms with van der Waals surface area (Å²) in [4.78, 5) is 5.37. The van der Waals surface area contributed by atoms with Crippen molar-refractivity contribution in [2.75, 3.05) is 7.11 Å².